The van der Waals surface area contributed by atoms with Crippen molar-refractivity contribution < 1.29 is 8.42 Å². The molecule has 0 amide bonds. The van der Waals surface area contributed by atoms with E-state index < -0.39 is 10.0 Å². The summed E-state index contributed by atoms with van der Waals surface area (Å²) in [6.45, 7) is 4.30. The number of aryl methyl sites for hydroxylation is 1. The average molecular weight is 417 g/mol. The number of nitrogens with one attached hydrogen (secondary N) is 2. The Balaban J connectivity index is 1.82. The number of sulfonamides is 1. The summed E-state index contributed by atoms with van der Waals surface area (Å²) in [6.07, 6.45) is 2.06. The first-order chi connectivity index (χ1) is 12.5. The van der Waals surface area contributed by atoms with E-state index in [0.717, 1.165) is 11.5 Å². The van der Waals surface area contributed by atoms with Gasteiger partial charge in [0.1, 0.15) is 0 Å². The molecular weight excluding hydrogens is 388 g/mol. The molecule has 1 fully saturated rings. The first-order valence-corrected chi connectivity index (χ1v) is 12.6. The van der Waals surface area contributed by atoms with Crippen LogP contribution in [-0.4, -0.2) is 68.9 Å². The van der Waals surface area contributed by atoms with Gasteiger partial charge in [-0.05, 0) is 30.4 Å². The van der Waals surface area contributed by atoms with Gasteiger partial charge in [0.25, 0.3) is 0 Å². The highest BCUT2D eigenvalue weighted by molar-refractivity contribution is 7.99. The topological polar surface area (TPSA) is 73.8 Å². The fourth-order valence-electron chi connectivity index (χ4n) is 2.65. The predicted octanol–water partition coefficient (Wildman–Crippen LogP) is 1.76. The van der Waals surface area contributed by atoms with Crippen LogP contribution in [0.1, 0.15) is 11.1 Å². The number of hydrogen-bond donors (Lipinski definition) is 2. The van der Waals surface area contributed by atoms with Crippen molar-refractivity contribution in [2.24, 2.45) is 4.99 Å². The van der Waals surface area contributed by atoms with Gasteiger partial charge in [-0.15, -0.1) is 11.8 Å². The molecule has 0 unspecified atom stereocenters. The number of nitrogens with zero attached hydrogens (tertiary/aromatic N) is 2. The van der Waals surface area contributed by atoms with Crippen LogP contribution in [0.25, 0.3) is 0 Å². The summed E-state index contributed by atoms with van der Waals surface area (Å²) in [6, 6.07) is 6.37. The number of benzene rings is 1. The smallest absolute Gasteiger partial charge is 0.215 e. The zero-order valence-electron chi connectivity index (χ0n) is 15.6. The molecule has 26 heavy (non-hydrogen) atoms. The van der Waals surface area contributed by atoms with Crippen LogP contribution in [-0.2, 0) is 16.6 Å². The Hall–Kier alpha value is -0.900. The maximum atomic E-state index is 12.4. The third kappa shape index (κ3) is 6.37. The molecule has 1 saturated heterocycles. The van der Waals surface area contributed by atoms with Gasteiger partial charge in [0.2, 0.25) is 10.0 Å². The molecule has 2 N–H and O–H groups in total. The molecule has 0 aliphatic carbocycles. The van der Waals surface area contributed by atoms with Crippen molar-refractivity contribution in [2.45, 2.75) is 18.4 Å². The summed E-state index contributed by atoms with van der Waals surface area (Å²) >= 11 is 3.52. The summed E-state index contributed by atoms with van der Waals surface area (Å²) in [5.41, 5.74) is 2.44. The van der Waals surface area contributed by atoms with Crippen molar-refractivity contribution >= 4 is 39.5 Å². The molecule has 0 atom stereocenters. The number of thioether (sulfide) groups is 2. The lowest BCUT2D eigenvalue weighted by molar-refractivity contribution is 0.443. The molecule has 0 saturated carbocycles. The third-order valence-electron chi connectivity index (χ3n) is 4.13. The van der Waals surface area contributed by atoms with E-state index in [-0.39, 0.29) is 5.75 Å². The fourth-order valence-corrected chi connectivity index (χ4v) is 5.85. The second-order valence-corrected chi connectivity index (χ2v) is 10.2. The number of rotatable bonds is 7. The molecule has 1 aliphatic rings. The second kappa shape index (κ2) is 10.4. The van der Waals surface area contributed by atoms with Crippen LogP contribution in [0.2, 0.25) is 0 Å². The number of aliphatic imine (C=N–C) groups is 1. The van der Waals surface area contributed by atoms with Crippen molar-refractivity contribution in [1.29, 1.82) is 0 Å². The van der Waals surface area contributed by atoms with Crippen molar-refractivity contribution in [3.05, 3.63) is 29.3 Å². The van der Waals surface area contributed by atoms with Crippen molar-refractivity contribution in [3.63, 3.8) is 0 Å². The molecule has 1 heterocycles. The first kappa shape index (κ1) is 21.4. The summed E-state index contributed by atoms with van der Waals surface area (Å²) < 4.78 is 26.3. The van der Waals surface area contributed by atoms with Gasteiger partial charge in [0.05, 0.1) is 5.75 Å². The molecule has 1 aromatic carbocycles. The highest BCUT2D eigenvalue weighted by atomic mass is 32.2. The van der Waals surface area contributed by atoms with Crippen LogP contribution in [0.5, 0.6) is 0 Å². The van der Waals surface area contributed by atoms with E-state index >= 15 is 0 Å². The van der Waals surface area contributed by atoms with E-state index in [9.17, 15) is 8.42 Å². The van der Waals surface area contributed by atoms with Crippen LogP contribution in [0.15, 0.2) is 28.1 Å². The van der Waals surface area contributed by atoms with E-state index in [0.29, 0.717) is 32.1 Å². The van der Waals surface area contributed by atoms with Gasteiger partial charge in [0.15, 0.2) is 5.96 Å². The zero-order valence-corrected chi connectivity index (χ0v) is 18.1. The van der Waals surface area contributed by atoms with Crippen LogP contribution >= 0.6 is 23.5 Å². The summed E-state index contributed by atoms with van der Waals surface area (Å²) in [5.74, 6) is 2.45. The lowest BCUT2D eigenvalue weighted by Crippen LogP contribution is -2.44. The summed E-state index contributed by atoms with van der Waals surface area (Å²) in [7, 11) is -1.51. The quantitative estimate of drug-likeness (QED) is 0.401. The highest BCUT2D eigenvalue weighted by Gasteiger charge is 2.23. The molecule has 9 heteroatoms. The minimum absolute atomic E-state index is 0.0823. The Labute approximate surface area is 165 Å². The molecule has 0 aromatic heterocycles. The summed E-state index contributed by atoms with van der Waals surface area (Å²) in [4.78, 5) is 5.42. The fraction of sp³-hybridized carbons (Fsp3) is 0.588. The van der Waals surface area contributed by atoms with Gasteiger partial charge < -0.3 is 10.6 Å². The summed E-state index contributed by atoms with van der Waals surface area (Å²) in [5, 5.41) is 6.36. The van der Waals surface area contributed by atoms with E-state index in [2.05, 4.69) is 47.0 Å². The Kier molecular flexibility index (Phi) is 8.59. The molecule has 6 nitrogen and oxygen atoms in total. The molecule has 0 bridgehead atoms. The van der Waals surface area contributed by atoms with E-state index in [4.69, 9.17) is 0 Å². The average Bonchev–Trinajstić information content (AvgIpc) is 2.65. The van der Waals surface area contributed by atoms with Gasteiger partial charge >= 0.3 is 0 Å². The normalized spacial score (nSPS) is 16.5. The number of hydrogen-bond acceptors (Lipinski definition) is 5. The molecule has 1 aromatic rings. The van der Waals surface area contributed by atoms with Gasteiger partial charge in [0, 0.05) is 49.6 Å². The Morgan fingerprint density at radius 3 is 2.69 bits per heavy atom. The van der Waals surface area contributed by atoms with E-state index in [1.807, 2.05) is 0 Å². The lowest BCUT2D eigenvalue weighted by atomic mass is 10.1. The standard InChI is InChI=1S/C17H28N4O2S3/c1-14-4-5-15(16(12-14)24-3)13-20-17(18-2)19-6-11-26(22,23)21-7-9-25-10-8-21/h4-5,12H,6-11,13H2,1-3H3,(H2,18,19,20). The SMILES string of the molecule is CN=C(NCCS(=O)(=O)N1CCSCC1)NCc1ccc(C)cc1SC. The lowest BCUT2D eigenvalue weighted by Gasteiger charge is -2.25. The third-order valence-corrected chi connectivity index (χ3v) is 7.76. The monoisotopic (exact) mass is 416 g/mol. The minimum atomic E-state index is -3.20. The van der Waals surface area contributed by atoms with Crippen LogP contribution in [0.4, 0.5) is 0 Å². The van der Waals surface area contributed by atoms with Crippen LogP contribution < -0.4 is 10.6 Å². The minimum Gasteiger partial charge on any atom is -0.355 e. The predicted molar refractivity (Wildman–Crippen MR) is 114 cm³/mol. The van der Waals surface area contributed by atoms with Crippen LogP contribution in [0, 0.1) is 6.92 Å². The largest absolute Gasteiger partial charge is 0.355 e. The van der Waals surface area contributed by atoms with Crippen molar-refractivity contribution in [1.82, 2.24) is 14.9 Å². The molecule has 0 radical (unpaired) electrons. The Morgan fingerprint density at radius 2 is 2.04 bits per heavy atom. The van der Waals surface area contributed by atoms with E-state index in [1.54, 1.807) is 34.9 Å². The Morgan fingerprint density at radius 1 is 1.31 bits per heavy atom. The first-order valence-electron chi connectivity index (χ1n) is 8.60. The second-order valence-electron chi connectivity index (χ2n) is 6.00. The molecule has 0 spiro atoms. The maximum absolute atomic E-state index is 12.4. The molecule has 146 valence electrons. The molecule has 1 aliphatic heterocycles. The van der Waals surface area contributed by atoms with E-state index in [1.165, 1.54) is 16.0 Å². The molecular formula is C17H28N4O2S3. The number of guanidine groups is 1. The van der Waals surface area contributed by atoms with Crippen molar-refractivity contribution in [3.8, 4) is 0 Å². The van der Waals surface area contributed by atoms with Gasteiger partial charge in [-0.1, -0.05) is 12.1 Å². The Bertz CT molecular complexity index is 717. The van der Waals surface area contributed by atoms with Crippen molar-refractivity contribution in [2.75, 3.05) is 50.2 Å². The van der Waals surface area contributed by atoms with Gasteiger partial charge in [-0.25, -0.2) is 12.7 Å². The van der Waals surface area contributed by atoms with Gasteiger partial charge in [-0.3, -0.25) is 4.99 Å². The zero-order chi connectivity index (χ0) is 19.0. The highest BCUT2D eigenvalue weighted by Crippen LogP contribution is 2.21. The molecule has 2 rings (SSSR count). The maximum Gasteiger partial charge on any atom is 0.215 e. The van der Waals surface area contributed by atoms with Crippen LogP contribution in [0.3, 0.4) is 0 Å². The van der Waals surface area contributed by atoms with Gasteiger partial charge in [-0.2, -0.15) is 11.8 Å².